The minimum atomic E-state index is -3.75. The summed E-state index contributed by atoms with van der Waals surface area (Å²) in [6, 6.07) is 13.2. The number of hydrogen-bond donors (Lipinski definition) is 0. The molecule has 166 valence electrons. The molecule has 9 heteroatoms. The highest BCUT2D eigenvalue weighted by molar-refractivity contribution is 7.89. The fourth-order valence-corrected chi connectivity index (χ4v) is 6.01. The van der Waals surface area contributed by atoms with Crippen molar-refractivity contribution in [1.29, 1.82) is 0 Å². The van der Waals surface area contributed by atoms with Crippen LogP contribution in [0.15, 0.2) is 58.3 Å². The van der Waals surface area contributed by atoms with Crippen molar-refractivity contribution in [3.05, 3.63) is 54.1 Å². The average molecular weight is 454 g/mol. The van der Waals surface area contributed by atoms with Gasteiger partial charge in [-0.3, -0.25) is 0 Å². The van der Waals surface area contributed by atoms with Gasteiger partial charge >= 0.3 is 0 Å². The van der Waals surface area contributed by atoms with Crippen molar-refractivity contribution in [2.75, 3.05) is 38.6 Å². The maximum atomic E-state index is 13.1. The number of benzene rings is 2. The number of hydrogen-bond acceptors (Lipinski definition) is 5. The van der Waals surface area contributed by atoms with E-state index in [0.717, 1.165) is 11.3 Å². The van der Waals surface area contributed by atoms with Crippen LogP contribution < -0.4 is 4.90 Å². The molecule has 2 aromatic carbocycles. The van der Waals surface area contributed by atoms with Crippen LogP contribution in [0, 0.1) is 0 Å². The lowest BCUT2D eigenvalue weighted by Crippen LogP contribution is -2.31. The SMILES string of the molecule is CCN(CC)S(=O)(=O)c1ccc(S(=O)(=O)N(CC)Cc2ccc(N(C)C)cc2)cc1. The van der Waals surface area contributed by atoms with E-state index in [1.165, 1.54) is 32.9 Å². The molecule has 0 N–H and O–H groups in total. The van der Waals surface area contributed by atoms with Crippen LogP contribution in [0.1, 0.15) is 26.3 Å². The van der Waals surface area contributed by atoms with Gasteiger partial charge < -0.3 is 4.90 Å². The van der Waals surface area contributed by atoms with Crippen LogP contribution in [0.2, 0.25) is 0 Å². The molecule has 0 heterocycles. The van der Waals surface area contributed by atoms with E-state index < -0.39 is 20.0 Å². The summed E-state index contributed by atoms with van der Waals surface area (Å²) in [7, 11) is -3.49. The first kappa shape index (κ1) is 24.3. The molecule has 0 radical (unpaired) electrons. The molecule has 0 saturated carbocycles. The highest BCUT2D eigenvalue weighted by Crippen LogP contribution is 2.23. The molecule has 0 spiro atoms. The first-order valence-electron chi connectivity index (χ1n) is 9.94. The molecule has 0 aromatic heterocycles. The minimum absolute atomic E-state index is 0.0766. The van der Waals surface area contributed by atoms with Gasteiger partial charge in [0.25, 0.3) is 0 Å². The predicted octanol–water partition coefficient (Wildman–Crippen LogP) is 2.99. The summed E-state index contributed by atoms with van der Waals surface area (Å²) in [5.41, 5.74) is 1.92. The van der Waals surface area contributed by atoms with Crippen molar-refractivity contribution in [2.45, 2.75) is 37.1 Å². The molecule has 0 saturated heterocycles. The van der Waals surface area contributed by atoms with Crippen LogP contribution in [0.25, 0.3) is 0 Å². The lowest BCUT2D eigenvalue weighted by Gasteiger charge is -2.22. The summed E-state index contributed by atoms with van der Waals surface area (Å²) in [5.74, 6) is 0. The topological polar surface area (TPSA) is 78.0 Å². The Morgan fingerprint density at radius 2 is 1.03 bits per heavy atom. The van der Waals surface area contributed by atoms with Gasteiger partial charge in [0.1, 0.15) is 0 Å². The molecule has 7 nitrogen and oxygen atoms in total. The smallest absolute Gasteiger partial charge is 0.243 e. The molecule has 0 aliphatic rings. The van der Waals surface area contributed by atoms with Gasteiger partial charge in [-0.25, -0.2) is 16.8 Å². The molecule has 0 aliphatic carbocycles. The second-order valence-corrected chi connectivity index (χ2v) is 10.9. The molecule has 0 bridgehead atoms. The average Bonchev–Trinajstić information content (AvgIpc) is 2.73. The summed E-state index contributed by atoms with van der Waals surface area (Å²) >= 11 is 0. The van der Waals surface area contributed by atoms with Crippen molar-refractivity contribution >= 4 is 25.7 Å². The number of nitrogens with zero attached hydrogens (tertiary/aromatic N) is 3. The molecular formula is C21H31N3O4S2. The van der Waals surface area contributed by atoms with E-state index in [1.54, 1.807) is 20.8 Å². The Kier molecular flexibility index (Phi) is 8.04. The Labute approximate surface area is 181 Å². The Morgan fingerprint density at radius 3 is 1.40 bits per heavy atom. The Hall–Kier alpha value is -1.94. The monoisotopic (exact) mass is 453 g/mol. The second kappa shape index (κ2) is 9.91. The third-order valence-electron chi connectivity index (χ3n) is 4.97. The van der Waals surface area contributed by atoms with Crippen molar-refractivity contribution in [3.63, 3.8) is 0 Å². The third-order valence-corrected chi connectivity index (χ3v) is 8.97. The quantitative estimate of drug-likeness (QED) is 0.553. The summed E-state index contributed by atoms with van der Waals surface area (Å²) in [5, 5.41) is 0. The Balaban J connectivity index is 2.28. The Bertz CT molecular complexity index is 1030. The van der Waals surface area contributed by atoms with Gasteiger partial charge in [-0.2, -0.15) is 8.61 Å². The van der Waals surface area contributed by atoms with Crippen molar-refractivity contribution in [3.8, 4) is 0 Å². The van der Waals surface area contributed by atoms with Gasteiger partial charge in [-0.05, 0) is 42.0 Å². The van der Waals surface area contributed by atoms with E-state index in [-0.39, 0.29) is 16.3 Å². The van der Waals surface area contributed by atoms with Crippen LogP contribution in [0.4, 0.5) is 5.69 Å². The fourth-order valence-electron chi connectivity index (χ4n) is 3.12. The number of rotatable bonds is 10. The summed E-state index contributed by atoms with van der Waals surface area (Å²) < 4.78 is 54.2. The van der Waals surface area contributed by atoms with Crippen LogP contribution in [-0.2, 0) is 26.6 Å². The van der Waals surface area contributed by atoms with E-state index in [9.17, 15) is 16.8 Å². The summed E-state index contributed by atoms with van der Waals surface area (Å²) in [6.45, 7) is 6.58. The maximum absolute atomic E-state index is 13.1. The van der Waals surface area contributed by atoms with Crippen molar-refractivity contribution in [2.24, 2.45) is 0 Å². The van der Waals surface area contributed by atoms with Crippen LogP contribution in [-0.4, -0.2) is 59.2 Å². The molecular weight excluding hydrogens is 422 g/mol. The zero-order valence-electron chi connectivity index (χ0n) is 18.2. The zero-order chi connectivity index (χ0) is 22.5. The van der Waals surface area contributed by atoms with Gasteiger partial charge in [0, 0.05) is 46.0 Å². The van der Waals surface area contributed by atoms with Gasteiger partial charge in [0.15, 0.2) is 0 Å². The third kappa shape index (κ3) is 5.21. The van der Waals surface area contributed by atoms with Crippen LogP contribution in [0.3, 0.4) is 0 Å². The summed E-state index contributed by atoms with van der Waals surface area (Å²) in [4.78, 5) is 2.14. The summed E-state index contributed by atoms with van der Waals surface area (Å²) in [6.07, 6.45) is 0. The minimum Gasteiger partial charge on any atom is -0.378 e. The zero-order valence-corrected chi connectivity index (χ0v) is 19.9. The van der Waals surface area contributed by atoms with Crippen molar-refractivity contribution in [1.82, 2.24) is 8.61 Å². The van der Waals surface area contributed by atoms with Gasteiger partial charge in [0.05, 0.1) is 9.79 Å². The molecule has 2 rings (SSSR count). The largest absolute Gasteiger partial charge is 0.378 e. The number of sulfonamides is 2. The van der Waals surface area contributed by atoms with Gasteiger partial charge in [-0.15, -0.1) is 0 Å². The maximum Gasteiger partial charge on any atom is 0.243 e. The predicted molar refractivity (Wildman–Crippen MR) is 121 cm³/mol. The molecule has 0 unspecified atom stereocenters. The molecule has 2 aromatic rings. The van der Waals surface area contributed by atoms with E-state index in [2.05, 4.69) is 0 Å². The van der Waals surface area contributed by atoms with E-state index in [4.69, 9.17) is 0 Å². The highest BCUT2D eigenvalue weighted by atomic mass is 32.2. The van der Waals surface area contributed by atoms with Crippen LogP contribution in [0.5, 0.6) is 0 Å². The lowest BCUT2D eigenvalue weighted by molar-refractivity contribution is 0.423. The molecule has 0 fully saturated rings. The second-order valence-electron chi connectivity index (χ2n) is 7.05. The Morgan fingerprint density at radius 1 is 0.633 bits per heavy atom. The number of anilines is 1. The van der Waals surface area contributed by atoms with Gasteiger partial charge in [0.2, 0.25) is 20.0 Å². The first-order valence-corrected chi connectivity index (χ1v) is 12.8. The first-order chi connectivity index (χ1) is 14.1. The molecule has 0 atom stereocenters. The van der Waals surface area contributed by atoms with Crippen LogP contribution >= 0.6 is 0 Å². The fraction of sp³-hybridized carbons (Fsp3) is 0.429. The normalized spacial score (nSPS) is 12.5. The van der Waals surface area contributed by atoms with E-state index >= 15 is 0 Å². The lowest BCUT2D eigenvalue weighted by atomic mass is 10.2. The van der Waals surface area contributed by atoms with Crippen molar-refractivity contribution < 1.29 is 16.8 Å². The molecule has 0 aliphatic heterocycles. The van der Waals surface area contributed by atoms with E-state index in [0.29, 0.717) is 19.6 Å². The molecule has 0 amide bonds. The van der Waals surface area contributed by atoms with Gasteiger partial charge in [-0.1, -0.05) is 32.9 Å². The highest BCUT2D eigenvalue weighted by Gasteiger charge is 2.26. The molecule has 30 heavy (non-hydrogen) atoms. The van der Waals surface area contributed by atoms with E-state index in [1.807, 2.05) is 43.3 Å². The standard InChI is InChI=1S/C21H31N3O4S2/c1-6-23(7-2)29(25,26)20-13-15-21(16-14-20)30(27,28)24(8-3)17-18-9-11-19(12-10-18)22(4)5/h9-16H,6-8,17H2,1-5H3.